The first kappa shape index (κ1) is 10.5. The van der Waals surface area contributed by atoms with Gasteiger partial charge in [0.2, 0.25) is 0 Å². The maximum atomic E-state index is 13.5. The maximum Gasteiger partial charge on any atom is 0.142 e. The molecule has 2 aromatic carbocycles. The van der Waals surface area contributed by atoms with E-state index in [1.807, 2.05) is 0 Å². The van der Waals surface area contributed by atoms with Crippen molar-refractivity contribution in [1.29, 1.82) is 0 Å². The molecule has 0 aromatic heterocycles. The number of hydrogen-bond donors (Lipinski definition) is 1. The summed E-state index contributed by atoms with van der Waals surface area (Å²) in [6, 6.07) is 6.20. The first-order valence-corrected chi connectivity index (χ1v) is 5.68. The molecule has 0 unspecified atom stereocenters. The molecule has 0 fully saturated rings. The first-order valence-electron chi connectivity index (χ1n) is 4.87. The van der Waals surface area contributed by atoms with Gasteiger partial charge < -0.3 is 5.32 Å². The Labute approximate surface area is 99.7 Å². The molecule has 1 N–H and O–H groups in total. The summed E-state index contributed by atoms with van der Waals surface area (Å²) in [4.78, 5) is 1.04. The highest BCUT2D eigenvalue weighted by Crippen LogP contribution is 2.45. The Morgan fingerprint density at radius 3 is 2.47 bits per heavy atom. The van der Waals surface area contributed by atoms with Crippen LogP contribution in [-0.4, -0.2) is 0 Å². The minimum atomic E-state index is -0.658. The van der Waals surface area contributed by atoms with Gasteiger partial charge >= 0.3 is 0 Å². The largest absolute Gasteiger partial charge is 0.353 e. The van der Waals surface area contributed by atoms with Crippen LogP contribution in [0.15, 0.2) is 40.1 Å². The highest BCUT2D eigenvalue weighted by atomic mass is 32.2. The molecule has 0 bridgehead atoms. The van der Waals surface area contributed by atoms with E-state index in [2.05, 4.69) is 5.32 Å². The van der Waals surface area contributed by atoms with Crippen molar-refractivity contribution in [2.24, 2.45) is 0 Å². The molecule has 0 saturated carbocycles. The maximum absolute atomic E-state index is 13.5. The average Bonchev–Trinajstić information content (AvgIpc) is 2.26. The second-order valence-electron chi connectivity index (χ2n) is 3.63. The lowest BCUT2D eigenvalue weighted by Gasteiger charge is -2.21. The Hall–Kier alpha value is -1.62. The van der Waals surface area contributed by atoms with Gasteiger partial charge in [0, 0.05) is 11.0 Å². The van der Waals surface area contributed by atoms with E-state index >= 15 is 0 Å². The van der Waals surface area contributed by atoms with E-state index in [0.29, 0.717) is 21.2 Å². The number of halogens is 3. The van der Waals surface area contributed by atoms with Gasteiger partial charge in [-0.2, -0.15) is 0 Å². The summed E-state index contributed by atoms with van der Waals surface area (Å²) in [6.07, 6.45) is 0. The van der Waals surface area contributed by atoms with Crippen molar-refractivity contribution in [3.63, 3.8) is 0 Å². The molecule has 3 rings (SSSR count). The van der Waals surface area contributed by atoms with Gasteiger partial charge in [-0.1, -0.05) is 11.8 Å². The van der Waals surface area contributed by atoms with Crippen LogP contribution in [0.1, 0.15) is 0 Å². The normalized spacial score (nSPS) is 12.6. The van der Waals surface area contributed by atoms with Crippen LogP contribution >= 0.6 is 11.8 Å². The van der Waals surface area contributed by atoms with Crippen LogP contribution < -0.4 is 5.32 Å². The predicted octanol–water partition coefficient (Wildman–Crippen LogP) is 4.31. The smallest absolute Gasteiger partial charge is 0.142 e. The summed E-state index contributed by atoms with van der Waals surface area (Å²) in [5.41, 5.74) is 0.845. The summed E-state index contributed by atoms with van der Waals surface area (Å²) in [5, 5.41) is 2.82. The van der Waals surface area contributed by atoms with Crippen molar-refractivity contribution in [2.75, 3.05) is 5.32 Å². The molecular weight excluding hydrogens is 247 g/mol. The van der Waals surface area contributed by atoms with Gasteiger partial charge in [0.15, 0.2) is 0 Å². The third-order valence-corrected chi connectivity index (χ3v) is 3.63. The summed E-state index contributed by atoms with van der Waals surface area (Å²) in [6.45, 7) is 0. The Bertz CT molecular complexity index is 613. The van der Waals surface area contributed by atoms with Crippen LogP contribution in [0.25, 0.3) is 0 Å². The number of rotatable bonds is 0. The lowest BCUT2D eigenvalue weighted by molar-refractivity contribution is 0.567. The monoisotopic (exact) mass is 253 g/mol. The van der Waals surface area contributed by atoms with Crippen LogP contribution in [0.3, 0.4) is 0 Å². The highest BCUT2D eigenvalue weighted by Gasteiger charge is 2.20. The molecule has 5 heteroatoms. The van der Waals surface area contributed by atoms with E-state index in [1.165, 1.54) is 18.2 Å². The average molecular weight is 253 g/mol. The zero-order chi connectivity index (χ0) is 12.0. The third-order valence-electron chi connectivity index (χ3n) is 2.43. The molecule has 0 aliphatic carbocycles. The van der Waals surface area contributed by atoms with E-state index in [0.717, 1.165) is 17.8 Å². The molecule has 2 aromatic rings. The van der Waals surface area contributed by atoms with Crippen molar-refractivity contribution in [3.05, 3.63) is 47.8 Å². The Kier molecular flexibility index (Phi) is 2.29. The number of nitrogens with one attached hydrogen (secondary N) is 1. The van der Waals surface area contributed by atoms with Crippen LogP contribution in [0.5, 0.6) is 0 Å². The van der Waals surface area contributed by atoms with Gasteiger partial charge in [-0.15, -0.1) is 0 Å². The predicted molar refractivity (Wildman–Crippen MR) is 60.2 cm³/mol. The number of anilines is 2. The molecule has 0 spiro atoms. The Balaban J connectivity index is 2.14. The van der Waals surface area contributed by atoms with Crippen LogP contribution in [-0.2, 0) is 0 Å². The number of fused-ring (bicyclic) bond motifs is 2. The molecule has 86 valence electrons. The lowest BCUT2D eigenvalue weighted by Crippen LogP contribution is -2.02. The van der Waals surface area contributed by atoms with Crippen molar-refractivity contribution >= 4 is 23.1 Å². The van der Waals surface area contributed by atoms with E-state index in [9.17, 15) is 13.2 Å². The molecule has 1 aliphatic heterocycles. The van der Waals surface area contributed by atoms with E-state index < -0.39 is 17.5 Å². The summed E-state index contributed by atoms with van der Waals surface area (Å²) < 4.78 is 39.6. The summed E-state index contributed by atoms with van der Waals surface area (Å²) >= 11 is 1.16. The molecule has 0 amide bonds. The second kappa shape index (κ2) is 3.70. The van der Waals surface area contributed by atoms with Crippen molar-refractivity contribution in [2.45, 2.75) is 9.79 Å². The zero-order valence-corrected chi connectivity index (χ0v) is 9.25. The quantitative estimate of drug-likeness (QED) is 0.640. The molecular formula is C12H6F3NS. The van der Waals surface area contributed by atoms with E-state index in [4.69, 9.17) is 0 Å². The molecule has 17 heavy (non-hydrogen) atoms. The highest BCUT2D eigenvalue weighted by molar-refractivity contribution is 7.99. The minimum Gasteiger partial charge on any atom is -0.353 e. The standard InChI is InChI=1S/C12H6F3NS/c13-6-1-2-11-9(4-6)16-10-5-7(14)3-8(15)12(10)17-11/h1-5,16H. The first-order chi connectivity index (χ1) is 8.13. The Morgan fingerprint density at radius 2 is 1.65 bits per heavy atom. The summed E-state index contributed by atoms with van der Waals surface area (Å²) in [7, 11) is 0. The fourth-order valence-electron chi connectivity index (χ4n) is 1.70. The van der Waals surface area contributed by atoms with Crippen LogP contribution in [0.2, 0.25) is 0 Å². The number of benzene rings is 2. The van der Waals surface area contributed by atoms with Crippen molar-refractivity contribution in [1.82, 2.24) is 0 Å². The molecule has 0 saturated heterocycles. The van der Waals surface area contributed by atoms with Gasteiger partial charge in [-0.05, 0) is 24.3 Å². The van der Waals surface area contributed by atoms with E-state index in [1.54, 1.807) is 6.07 Å². The van der Waals surface area contributed by atoms with Crippen molar-refractivity contribution < 1.29 is 13.2 Å². The van der Waals surface area contributed by atoms with Gasteiger partial charge in [-0.3, -0.25) is 0 Å². The second-order valence-corrected chi connectivity index (χ2v) is 4.68. The molecule has 1 nitrogen and oxygen atoms in total. The zero-order valence-electron chi connectivity index (χ0n) is 8.43. The number of hydrogen-bond acceptors (Lipinski definition) is 2. The lowest BCUT2D eigenvalue weighted by atomic mass is 10.2. The molecule has 0 radical (unpaired) electrons. The van der Waals surface area contributed by atoms with Crippen LogP contribution in [0, 0.1) is 17.5 Å². The van der Waals surface area contributed by atoms with Gasteiger partial charge in [0.1, 0.15) is 17.5 Å². The molecule has 1 aliphatic rings. The fraction of sp³-hybridized carbons (Fsp3) is 0. The Morgan fingerprint density at radius 1 is 0.882 bits per heavy atom. The third kappa shape index (κ3) is 1.76. The fourth-order valence-corrected chi connectivity index (χ4v) is 2.65. The molecule has 0 atom stereocenters. The molecule has 1 heterocycles. The topological polar surface area (TPSA) is 12.0 Å². The van der Waals surface area contributed by atoms with Gasteiger partial charge in [-0.25, -0.2) is 13.2 Å². The minimum absolute atomic E-state index is 0.325. The van der Waals surface area contributed by atoms with Gasteiger partial charge in [0.05, 0.1) is 16.3 Å². The van der Waals surface area contributed by atoms with E-state index in [-0.39, 0.29) is 0 Å². The SMILES string of the molecule is Fc1ccc2c(c1)Nc1cc(F)cc(F)c1S2. The summed E-state index contributed by atoms with van der Waals surface area (Å²) in [5.74, 6) is -1.67. The van der Waals surface area contributed by atoms with Crippen molar-refractivity contribution in [3.8, 4) is 0 Å². The van der Waals surface area contributed by atoms with Gasteiger partial charge in [0.25, 0.3) is 0 Å². The van der Waals surface area contributed by atoms with Crippen LogP contribution in [0.4, 0.5) is 24.5 Å².